The molecule has 31 heavy (non-hydrogen) atoms. The van der Waals surface area contributed by atoms with Crippen molar-refractivity contribution in [2.75, 3.05) is 6.54 Å². The lowest BCUT2D eigenvalue weighted by Crippen LogP contribution is -2.47. The molecule has 1 aliphatic heterocycles. The number of amides is 1. The number of benzene rings is 1. The van der Waals surface area contributed by atoms with E-state index in [4.69, 9.17) is 0 Å². The van der Waals surface area contributed by atoms with Crippen molar-refractivity contribution in [3.63, 3.8) is 0 Å². The van der Waals surface area contributed by atoms with Crippen molar-refractivity contribution in [3.05, 3.63) is 67.2 Å². The summed E-state index contributed by atoms with van der Waals surface area (Å²) in [4.78, 5) is 41.6. The number of piperidine rings is 1. The van der Waals surface area contributed by atoms with E-state index in [1.807, 2.05) is 42.3 Å². The minimum Gasteiger partial charge on any atom is -0.338 e. The Hall–Kier alpha value is -2.67. The molecule has 0 spiro atoms. The largest absolute Gasteiger partial charge is 0.338 e. The van der Waals surface area contributed by atoms with Gasteiger partial charge in [-0.05, 0) is 67.7 Å². The van der Waals surface area contributed by atoms with Crippen LogP contribution in [-0.4, -0.2) is 32.5 Å². The molecule has 1 amide bonds. The molecule has 2 aromatic heterocycles. The van der Waals surface area contributed by atoms with E-state index in [-0.39, 0.29) is 30.6 Å². The van der Waals surface area contributed by atoms with Crippen molar-refractivity contribution in [2.24, 2.45) is 0 Å². The lowest BCUT2D eigenvalue weighted by atomic mass is 10.00. The first-order valence-electron chi connectivity index (χ1n) is 11.0. The molecular weight excluding hydrogens is 410 g/mol. The van der Waals surface area contributed by atoms with E-state index >= 15 is 0 Å². The molecule has 7 heteroatoms. The Bertz CT molecular complexity index is 1240. The van der Waals surface area contributed by atoms with Gasteiger partial charge in [0.2, 0.25) is 5.91 Å². The molecule has 164 valence electrons. The molecule has 1 fully saturated rings. The van der Waals surface area contributed by atoms with Crippen LogP contribution in [-0.2, 0) is 17.9 Å². The Morgan fingerprint density at radius 2 is 1.90 bits per heavy atom. The number of carbonyl (C=O) groups is 1. The van der Waals surface area contributed by atoms with E-state index in [2.05, 4.69) is 6.92 Å². The smallest absolute Gasteiger partial charge is 0.332 e. The van der Waals surface area contributed by atoms with E-state index in [0.29, 0.717) is 10.2 Å². The van der Waals surface area contributed by atoms with Gasteiger partial charge in [-0.25, -0.2) is 4.79 Å². The topological polar surface area (TPSA) is 64.3 Å². The van der Waals surface area contributed by atoms with Crippen LogP contribution in [0.25, 0.3) is 10.2 Å². The highest BCUT2D eigenvalue weighted by molar-refractivity contribution is 7.17. The maximum atomic E-state index is 13.4. The van der Waals surface area contributed by atoms with Crippen LogP contribution in [0.15, 0.2) is 39.2 Å². The van der Waals surface area contributed by atoms with Gasteiger partial charge in [0.25, 0.3) is 5.56 Å². The van der Waals surface area contributed by atoms with Crippen LogP contribution in [0.5, 0.6) is 0 Å². The van der Waals surface area contributed by atoms with Gasteiger partial charge in [-0.1, -0.05) is 25.1 Å². The van der Waals surface area contributed by atoms with Crippen LogP contribution < -0.4 is 11.2 Å². The quantitative estimate of drug-likeness (QED) is 0.609. The number of hydrogen-bond acceptors (Lipinski definition) is 4. The normalized spacial score (nSPS) is 16.7. The summed E-state index contributed by atoms with van der Waals surface area (Å²) in [6.45, 7) is 7.05. The number of fused-ring (bicyclic) bond motifs is 1. The maximum absolute atomic E-state index is 13.4. The summed E-state index contributed by atoms with van der Waals surface area (Å²) in [6.07, 6.45) is 4.06. The second-order valence-electron chi connectivity index (χ2n) is 8.46. The Labute approximate surface area is 185 Å². The second-order valence-corrected chi connectivity index (χ2v) is 9.37. The minimum absolute atomic E-state index is 0.0320. The van der Waals surface area contributed by atoms with Gasteiger partial charge in [0.05, 0.1) is 12.1 Å². The predicted octanol–water partition coefficient (Wildman–Crippen LogP) is 3.68. The highest BCUT2D eigenvalue weighted by atomic mass is 32.1. The Morgan fingerprint density at radius 1 is 1.10 bits per heavy atom. The number of carbonyl (C=O) groups excluding carboxylic acids is 1. The van der Waals surface area contributed by atoms with Crippen LogP contribution in [0.2, 0.25) is 0 Å². The molecule has 3 aromatic rings. The fraction of sp³-hybridized carbons (Fsp3) is 0.458. The predicted molar refractivity (Wildman–Crippen MR) is 125 cm³/mol. The average Bonchev–Trinajstić information content (AvgIpc) is 3.26. The van der Waals surface area contributed by atoms with Crippen LogP contribution >= 0.6 is 11.3 Å². The molecular formula is C24H29N3O3S. The van der Waals surface area contributed by atoms with Gasteiger partial charge in [0.15, 0.2) is 0 Å². The zero-order valence-corrected chi connectivity index (χ0v) is 19.2. The SMILES string of the molecule is CC[C@H]1CCCCN1C(=O)Cn1c(=O)n(Cc2ccc(C)c(C)c2)c(=O)c2sccc21. The van der Waals surface area contributed by atoms with Crippen molar-refractivity contribution in [3.8, 4) is 0 Å². The number of nitrogens with zero attached hydrogens (tertiary/aromatic N) is 3. The first-order valence-corrected chi connectivity index (χ1v) is 11.8. The lowest BCUT2D eigenvalue weighted by molar-refractivity contribution is -0.135. The van der Waals surface area contributed by atoms with E-state index < -0.39 is 5.69 Å². The molecule has 1 atom stereocenters. The number of aryl methyl sites for hydroxylation is 2. The van der Waals surface area contributed by atoms with E-state index in [0.717, 1.165) is 43.4 Å². The van der Waals surface area contributed by atoms with Crippen molar-refractivity contribution in [1.29, 1.82) is 0 Å². The summed E-state index contributed by atoms with van der Waals surface area (Å²) < 4.78 is 3.27. The highest BCUT2D eigenvalue weighted by Gasteiger charge is 2.26. The second kappa shape index (κ2) is 8.83. The average molecular weight is 440 g/mol. The summed E-state index contributed by atoms with van der Waals surface area (Å²) in [7, 11) is 0. The molecule has 0 bridgehead atoms. The van der Waals surface area contributed by atoms with E-state index in [1.54, 1.807) is 6.07 Å². The van der Waals surface area contributed by atoms with Crippen LogP contribution in [0, 0.1) is 13.8 Å². The van der Waals surface area contributed by atoms with Crippen molar-refractivity contribution in [2.45, 2.75) is 65.6 Å². The standard InChI is InChI=1S/C24H29N3O3S/c1-4-19-7-5-6-11-25(19)21(28)15-26-20-10-12-31-22(20)23(29)27(24(26)30)14-18-9-8-16(2)17(3)13-18/h8-10,12-13,19H,4-7,11,14-15H2,1-3H3/t19-/m0/s1. The number of likely N-dealkylation sites (tertiary alicyclic amines) is 1. The van der Waals surface area contributed by atoms with Crippen molar-refractivity contribution < 1.29 is 4.79 Å². The summed E-state index contributed by atoms with van der Waals surface area (Å²) in [5.74, 6) is -0.0440. The van der Waals surface area contributed by atoms with Gasteiger partial charge >= 0.3 is 5.69 Å². The highest BCUT2D eigenvalue weighted by Crippen LogP contribution is 2.21. The summed E-state index contributed by atoms with van der Waals surface area (Å²) in [6, 6.07) is 7.96. The zero-order valence-electron chi connectivity index (χ0n) is 18.4. The Kier molecular flexibility index (Phi) is 6.14. The lowest BCUT2D eigenvalue weighted by Gasteiger charge is -2.35. The summed E-state index contributed by atoms with van der Waals surface area (Å²) >= 11 is 1.32. The maximum Gasteiger partial charge on any atom is 0.332 e. The van der Waals surface area contributed by atoms with Gasteiger partial charge in [0, 0.05) is 12.6 Å². The third-order valence-electron chi connectivity index (χ3n) is 6.46. The molecule has 3 heterocycles. The number of hydrogen-bond donors (Lipinski definition) is 0. The molecule has 0 N–H and O–H groups in total. The first kappa shape index (κ1) is 21.6. The van der Waals surface area contributed by atoms with Gasteiger partial charge in [0.1, 0.15) is 11.2 Å². The fourth-order valence-electron chi connectivity index (χ4n) is 4.49. The molecule has 1 aromatic carbocycles. The first-order chi connectivity index (χ1) is 14.9. The molecule has 1 saturated heterocycles. The molecule has 0 radical (unpaired) electrons. The van der Waals surface area contributed by atoms with Crippen LogP contribution in [0.3, 0.4) is 0 Å². The van der Waals surface area contributed by atoms with Crippen LogP contribution in [0.1, 0.15) is 49.3 Å². The molecule has 4 rings (SSSR count). The number of aromatic nitrogens is 2. The van der Waals surface area contributed by atoms with Crippen molar-refractivity contribution >= 4 is 27.5 Å². The number of rotatable bonds is 5. The summed E-state index contributed by atoms with van der Waals surface area (Å²) in [5.41, 5.74) is 3.02. The molecule has 0 aliphatic carbocycles. The van der Waals surface area contributed by atoms with Gasteiger partial charge in [-0.2, -0.15) is 0 Å². The Morgan fingerprint density at radius 3 is 2.65 bits per heavy atom. The zero-order chi connectivity index (χ0) is 22.1. The molecule has 6 nitrogen and oxygen atoms in total. The van der Waals surface area contributed by atoms with Crippen LogP contribution in [0.4, 0.5) is 0 Å². The summed E-state index contributed by atoms with van der Waals surface area (Å²) in [5, 5.41) is 1.81. The van der Waals surface area contributed by atoms with Gasteiger partial charge in [-0.15, -0.1) is 11.3 Å². The van der Waals surface area contributed by atoms with Crippen molar-refractivity contribution in [1.82, 2.24) is 14.0 Å². The number of thiophene rings is 1. The van der Waals surface area contributed by atoms with Gasteiger partial charge < -0.3 is 4.90 Å². The molecule has 1 aliphatic rings. The fourth-order valence-corrected chi connectivity index (χ4v) is 5.33. The minimum atomic E-state index is -0.424. The van der Waals surface area contributed by atoms with E-state index in [1.165, 1.54) is 26.0 Å². The third kappa shape index (κ3) is 4.11. The molecule has 0 saturated carbocycles. The molecule has 0 unspecified atom stereocenters. The van der Waals surface area contributed by atoms with Gasteiger partial charge in [-0.3, -0.25) is 18.7 Å². The third-order valence-corrected chi connectivity index (χ3v) is 7.35. The monoisotopic (exact) mass is 439 g/mol. The van der Waals surface area contributed by atoms with E-state index in [9.17, 15) is 14.4 Å². The Balaban J connectivity index is 1.74.